The van der Waals surface area contributed by atoms with Crippen LogP contribution in [0.1, 0.15) is 176 Å². The summed E-state index contributed by atoms with van der Waals surface area (Å²) in [4.78, 5) is 21.4. The zero-order valence-electron chi connectivity index (χ0n) is 29.6. The van der Waals surface area contributed by atoms with Crippen molar-refractivity contribution < 1.29 is 19.1 Å². The number of hydrogen-bond donors (Lipinski definition) is 2. The van der Waals surface area contributed by atoms with Gasteiger partial charge in [0.15, 0.2) is 0 Å². The predicted molar refractivity (Wildman–Crippen MR) is 205 cm³/mol. The molecule has 2 radical (unpaired) electrons. The summed E-state index contributed by atoms with van der Waals surface area (Å²) < 4.78 is 9.84. The summed E-state index contributed by atoms with van der Waals surface area (Å²) in [6.45, 7) is 12.4. The maximum absolute atomic E-state index is 10.7. The number of thiol groups is 2. The van der Waals surface area contributed by atoms with Crippen molar-refractivity contribution in [2.24, 2.45) is 11.8 Å². The van der Waals surface area contributed by atoms with Crippen LogP contribution in [0.2, 0.25) is 0 Å². The molecule has 0 aliphatic rings. The summed E-state index contributed by atoms with van der Waals surface area (Å²) in [6, 6.07) is 0. The molecule has 0 bridgehead atoms. The fourth-order valence-corrected chi connectivity index (χ4v) is 6.11. The Morgan fingerprint density at radius 3 is 1.18 bits per heavy atom. The zero-order chi connectivity index (χ0) is 33.5. The van der Waals surface area contributed by atoms with E-state index >= 15 is 0 Å². The Hall–Kier alpha value is 0.808. The molecule has 0 aliphatic carbocycles. The average Bonchev–Trinajstić information content (AvgIpc) is 3.00. The number of carbonyl (C=O) groups is 2. The summed E-state index contributed by atoms with van der Waals surface area (Å²) in [5, 5.41) is 0. The van der Waals surface area contributed by atoms with Gasteiger partial charge in [-0.2, -0.15) is 25.3 Å². The van der Waals surface area contributed by atoms with Gasteiger partial charge in [0.2, 0.25) is 0 Å². The van der Waals surface area contributed by atoms with E-state index in [9.17, 15) is 9.59 Å². The van der Waals surface area contributed by atoms with Crippen LogP contribution in [0, 0.1) is 11.8 Å². The van der Waals surface area contributed by atoms with Crippen LogP contribution >= 0.6 is 34.1 Å². The van der Waals surface area contributed by atoms with Gasteiger partial charge in [0.25, 0.3) is 0 Å². The first-order valence-electron chi connectivity index (χ1n) is 18.0. The normalized spacial score (nSPS) is 10.7. The van der Waals surface area contributed by atoms with Crippen molar-refractivity contribution in [3.63, 3.8) is 0 Å². The van der Waals surface area contributed by atoms with E-state index in [1.165, 1.54) is 121 Å². The van der Waals surface area contributed by atoms with Gasteiger partial charge < -0.3 is 9.47 Å². The Bertz CT molecular complexity index is 517. The summed E-state index contributed by atoms with van der Waals surface area (Å²) in [7, 11) is 2.03. The molecule has 0 aliphatic heterocycles. The molecule has 264 valence electrons. The first kappa shape index (κ1) is 49.2. The van der Waals surface area contributed by atoms with Crippen molar-refractivity contribution in [1.29, 1.82) is 0 Å². The maximum atomic E-state index is 10.7. The van der Waals surface area contributed by atoms with Gasteiger partial charge in [0.05, 0.1) is 24.7 Å². The summed E-state index contributed by atoms with van der Waals surface area (Å²) in [6.07, 6.45) is 29.3. The fraction of sp³-hybridized carbons (Fsp3) is 0.944. The molecule has 0 unspecified atom stereocenters. The third-order valence-electron chi connectivity index (χ3n) is 7.23. The number of rotatable bonds is 29. The van der Waals surface area contributed by atoms with Crippen molar-refractivity contribution in [1.82, 2.24) is 0 Å². The van der Waals surface area contributed by atoms with Crippen LogP contribution in [0.15, 0.2) is 0 Å². The van der Waals surface area contributed by atoms with Crippen LogP contribution in [-0.2, 0) is 19.1 Å². The van der Waals surface area contributed by atoms with Gasteiger partial charge >= 0.3 is 112 Å². The van der Waals surface area contributed by atoms with Gasteiger partial charge in [-0.15, -0.1) is 0 Å². The molecule has 0 aromatic carbocycles. The first-order chi connectivity index (χ1) is 21.2. The minimum absolute atomic E-state index is 0.189. The third-order valence-corrected chi connectivity index (χ3v) is 9.78. The minimum atomic E-state index is -0.210. The first-order valence-corrected chi connectivity index (χ1v) is 23.4. The number of ether oxygens (including phenoxy) is 2. The van der Waals surface area contributed by atoms with E-state index < -0.39 is 0 Å². The van der Waals surface area contributed by atoms with Crippen LogP contribution in [0.3, 0.4) is 0 Å². The van der Waals surface area contributed by atoms with Gasteiger partial charge in [0, 0.05) is 0 Å². The second-order valence-corrected chi connectivity index (χ2v) is 16.2. The number of carbonyl (C=O) groups excluding carboxylic acids is 2. The molecule has 0 N–H and O–H groups in total. The van der Waals surface area contributed by atoms with Crippen LogP contribution < -0.4 is 0 Å². The van der Waals surface area contributed by atoms with E-state index in [0.29, 0.717) is 13.2 Å². The number of unbranched alkanes of at least 4 members (excludes halogenated alkanes) is 17. The SMILES string of the molecule is CC(C)CCCCCCCOC(=O)CS.CC(C)CCCCCCCOC(=O)CS.CCCCCCCCCCCC[S][Sb]. The molecule has 0 spiro atoms. The van der Waals surface area contributed by atoms with Gasteiger partial charge in [-0.1, -0.05) is 98.8 Å². The van der Waals surface area contributed by atoms with E-state index in [0.717, 1.165) is 37.5 Å². The van der Waals surface area contributed by atoms with E-state index in [-0.39, 0.29) is 23.4 Å². The summed E-state index contributed by atoms with van der Waals surface area (Å²) in [5.41, 5.74) is 0. The van der Waals surface area contributed by atoms with Crippen LogP contribution in [0.25, 0.3) is 0 Å². The van der Waals surface area contributed by atoms with Crippen molar-refractivity contribution in [2.75, 3.05) is 30.5 Å². The van der Waals surface area contributed by atoms with Gasteiger partial charge in [0.1, 0.15) is 0 Å². The molecule has 0 heterocycles. The molecule has 0 aromatic rings. The van der Waals surface area contributed by atoms with Gasteiger partial charge in [-0.25, -0.2) is 0 Å². The average molecular weight is 788 g/mol. The summed E-state index contributed by atoms with van der Waals surface area (Å²) >= 11 is 9.55. The Kier molecular flexibility index (Phi) is 49.0. The third kappa shape index (κ3) is 52.3. The Morgan fingerprint density at radius 1 is 0.545 bits per heavy atom. The Labute approximate surface area is 303 Å². The number of esters is 2. The van der Waals surface area contributed by atoms with Crippen molar-refractivity contribution in [3.05, 3.63) is 0 Å². The molecule has 0 fully saturated rings. The second-order valence-electron chi connectivity index (χ2n) is 12.7. The molecule has 0 atom stereocenters. The molecule has 0 saturated carbocycles. The van der Waals surface area contributed by atoms with Gasteiger partial charge in [-0.3, -0.25) is 9.59 Å². The molecular formula is C36H73O4S3Sb. The van der Waals surface area contributed by atoms with E-state index in [1.54, 1.807) is 0 Å². The molecule has 0 saturated heterocycles. The molecule has 0 rings (SSSR count). The van der Waals surface area contributed by atoms with Gasteiger partial charge in [-0.05, 0) is 24.7 Å². The quantitative estimate of drug-likeness (QED) is 0.0342. The Morgan fingerprint density at radius 2 is 0.864 bits per heavy atom. The molecule has 0 amide bonds. The molecule has 44 heavy (non-hydrogen) atoms. The molecule has 0 aromatic heterocycles. The predicted octanol–water partition coefficient (Wildman–Crippen LogP) is 11.6. The van der Waals surface area contributed by atoms with E-state index in [4.69, 9.17) is 9.47 Å². The zero-order valence-corrected chi connectivity index (χ0v) is 34.8. The fourth-order valence-electron chi connectivity index (χ4n) is 4.49. The standard InChI is InChI=1S/2C12H24O2S.C12H26S.Sb/c2*1-11(2)8-6-4-3-5-7-9-14-12(13)10-15;1-2-3-4-5-6-7-8-9-10-11-12-13;/h2*11,15H,3-10H2,1-2H3;13H,2-12H2,1H3;/q;;;+1/p-1. The van der Waals surface area contributed by atoms with Crippen molar-refractivity contribution in [3.8, 4) is 0 Å². The van der Waals surface area contributed by atoms with E-state index in [2.05, 4.69) is 59.9 Å². The molecular weight excluding hydrogens is 714 g/mol. The monoisotopic (exact) mass is 786 g/mol. The molecule has 8 heteroatoms. The van der Waals surface area contributed by atoms with E-state index in [1.807, 2.05) is 30.5 Å². The Balaban J connectivity index is -0.000000574. The summed E-state index contributed by atoms with van der Waals surface area (Å²) in [5.74, 6) is 2.98. The van der Waals surface area contributed by atoms with Crippen LogP contribution in [0.4, 0.5) is 0 Å². The molecule has 4 nitrogen and oxygen atoms in total. The van der Waals surface area contributed by atoms with Crippen LogP contribution in [0.5, 0.6) is 0 Å². The topological polar surface area (TPSA) is 52.6 Å². The second kappa shape index (κ2) is 43.8. The number of hydrogen-bond acceptors (Lipinski definition) is 7. The van der Waals surface area contributed by atoms with Crippen molar-refractivity contribution >= 4 is 67.7 Å². The van der Waals surface area contributed by atoms with Crippen molar-refractivity contribution in [2.45, 2.75) is 176 Å². The van der Waals surface area contributed by atoms with Crippen LogP contribution in [-0.4, -0.2) is 64.0 Å².